The van der Waals surface area contributed by atoms with E-state index in [4.69, 9.17) is 10.6 Å². The number of rotatable bonds is 2. The van der Waals surface area contributed by atoms with E-state index in [1.165, 1.54) is 0 Å². The summed E-state index contributed by atoms with van der Waals surface area (Å²) in [7, 11) is 1.65. The molecule has 0 atom stereocenters. The topological polar surface area (TPSA) is 47.6 Å². The molecule has 3 heteroatoms. The van der Waals surface area contributed by atoms with E-state index in [0.29, 0.717) is 0 Å². The lowest BCUT2D eigenvalue weighted by atomic mass is 9.85. The molecular formula is C12H18N2O. The van der Waals surface area contributed by atoms with Crippen molar-refractivity contribution < 1.29 is 4.74 Å². The van der Waals surface area contributed by atoms with Crippen LogP contribution in [0.2, 0.25) is 0 Å². The Bertz CT molecular complexity index is 347. The molecule has 1 aromatic carbocycles. The second-order valence-corrected chi connectivity index (χ2v) is 4.46. The number of nitrogens with zero attached hydrogens (tertiary/aromatic N) is 1. The summed E-state index contributed by atoms with van der Waals surface area (Å²) >= 11 is 0. The molecule has 0 saturated heterocycles. The van der Waals surface area contributed by atoms with Gasteiger partial charge in [-0.1, -0.05) is 20.8 Å². The lowest BCUT2D eigenvalue weighted by molar-refractivity contribution is 0.414. The van der Waals surface area contributed by atoms with Crippen molar-refractivity contribution >= 4 is 5.71 Å². The maximum atomic E-state index is 5.42. The normalized spacial score (nSPS) is 12.7. The predicted octanol–water partition coefficient (Wildman–Crippen LogP) is 2.40. The molecule has 0 aliphatic rings. The smallest absolute Gasteiger partial charge is 0.118 e. The fourth-order valence-corrected chi connectivity index (χ4v) is 1.45. The Hall–Kier alpha value is -1.51. The average Bonchev–Trinajstić information content (AvgIpc) is 2.18. The van der Waals surface area contributed by atoms with E-state index in [2.05, 4.69) is 25.9 Å². The number of hydrogen-bond donors (Lipinski definition) is 1. The number of methoxy groups -OCH3 is 1. The molecule has 0 aliphatic heterocycles. The van der Waals surface area contributed by atoms with Crippen molar-refractivity contribution in [3.63, 3.8) is 0 Å². The lowest BCUT2D eigenvalue weighted by Gasteiger charge is -2.20. The Labute approximate surface area is 90.9 Å². The van der Waals surface area contributed by atoms with Crippen molar-refractivity contribution in [3.8, 4) is 5.75 Å². The van der Waals surface area contributed by atoms with Gasteiger partial charge in [0.1, 0.15) is 5.75 Å². The van der Waals surface area contributed by atoms with Crippen LogP contribution in [-0.4, -0.2) is 12.8 Å². The highest BCUT2D eigenvalue weighted by Crippen LogP contribution is 2.22. The summed E-state index contributed by atoms with van der Waals surface area (Å²) in [4.78, 5) is 0. The minimum absolute atomic E-state index is 0.0522. The first-order valence-electron chi connectivity index (χ1n) is 4.92. The van der Waals surface area contributed by atoms with Crippen LogP contribution in [0.3, 0.4) is 0 Å². The molecule has 0 radical (unpaired) electrons. The predicted molar refractivity (Wildman–Crippen MR) is 63.2 cm³/mol. The zero-order valence-corrected chi connectivity index (χ0v) is 9.74. The molecule has 2 N–H and O–H groups in total. The van der Waals surface area contributed by atoms with Gasteiger partial charge in [-0.25, -0.2) is 0 Å². The Kier molecular flexibility index (Phi) is 3.35. The Morgan fingerprint density at radius 3 is 2.07 bits per heavy atom. The summed E-state index contributed by atoms with van der Waals surface area (Å²) in [5.41, 5.74) is 1.87. The van der Waals surface area contributed by atoms with Gasteiger partial charge in [-0.3, -0.25) is 0 Å². The first kappa shape index (κ1) is 11.6. The van der Waals surface area contributed by atoms with E-state index in [-0.39, 0.29) is 5.41 Å². The molecule has 1 aromatic rings. The van der Waals surface area contributed by atoms with Crippen LogP contribution in [0, 0.1) is 5.41 Å². The van der Waals surface area contributed by atoms with Gasteiger partial charge in [0.25, 0.3) is 0 Å². The molecule has 0 aliphatic carbocycles. The fourth-order valence-electron chi connectivity index (χ4n) is 1.45. The van der Waals surface area contributed by atoms with Crippen LogP contribution in [-0.2, 0) is 0 Å². The SMILES string of the molecule is COc1ccc(/C(=N/N)C(C)(C)C)cc1. The van der Waals surface area contributed by atoms with E-state index in [9.17, 15) is 0 Å². The summed E-state index contributed by atoms with van der Waals surface area (Å²) in [5.74, 6) is 6.26. The molecule has 82 valence electrons. The van der Waals surface area contributed by atoms with Gasteiger partial charge in [-0.05, 0) is 29.8 Å². The molecule has 0 bridgehead atoms. The first-order chi connectivity index (χ1) is 6.99. The third kappa shape index (κ3) is 2.72. The number of benzene rings is 1. The Morgan fingerprint density at radius 1 is 1.20 bits per heavy atom. The van der Waals surface area contributed by atoms with Crippen LogP contribution in [0.5, 0.6) is 5.75 Å². The van der Waals surface area contributed by atoms with Gasteiger partial charge in [0.05, 0.1) is 12.8 Å². The molecule has 0 amide bonds. The van der Waals surface area contributed by atoms with E-state index in [1.807, 2.05) is 24.3 Å². The zero-order chi connectivity index (χ0) is 11.5. The average molecular weight is 206 g/mol. The van der Waals surface area contributed by atoms with Crippen LogP contribution in [0.15, 0.2) is 29.4 Å². The zero-order valence-electron chi connectivity index (χ0n) is 9.74. The van der Waals surface area contributed by atoms with Crippen LogP contribution in [0.4, 0.5) is 0 Å². The van der Waals surface area contributed by atoms with Crippen LogP contribution in [0.25, 0.3) is 0 Å². The summed E-state index contributed by atoms with van der Waals surface area (Å²) in [5, 5.41) is 3.86. The highest BCUT2D eigenvalue weighted by atomic mass is 16.5. The molecule has 3 nitrogen and oxygen atoms in total. The fraction of sp³-hybridized carbons (Fsp3) is 0.417. The van der Waals surface area contributed by atoms with Gasteiger partial charge in [-0.2, -0.15) is 5.10 Å². The van der Waals surface area contributed by atoms with Crippen LogP contribution < -0.4 is 10.6 Å². The van der Waals surface area contributed by atoms with E-state index < -0.39 is 0 Å². The molecule has 0 saturated carbocycles. The quantitative estimate of drug-likeness (QED) is 0.459. The third-order valence-corrected chi connectivity index (χ3v) is 2.20. The molecule has 15 heavy (non-hydrogen) atoms. The van der Waals surface area contributed by atoms with Crippen molar-refractivity contribution in [2.24, 2.45) is 16.4 Å². The number of hydrogen-bond acceptors (Lipinski definition) is 3. The monoisotopic (exact) mass is 206 g/mol. The molecule has 1 rings (SSSR count). The van der Waals surface area contributed by atoms with Crippen molar-refractivity contribution in [2.45, 2.75) is 20.8 Å². The van der Waals surface area contributed by atoms with Crippen molar-refractivity contribution in [3.05, 3.63) is 29.8 Å². The van der Waals surface area contributed by atoms with Gasteiger partial charge in [0.2, 0.25) is 0 Å². The van der Waals surface area contributed by atoms with Crippen LogP contribution in [0.1, 0.15) is 26.3 Å². The molecule has 0 heterocycles. The lowest BCUT2D eigenvalue weighted by Crippen LogP contribution is -2.22. The maximum absolute atomic E-state index is 5.42. The number of nitrogens with two attached hydrogens (primary N) is 1. The summed E-state index contributed by atoms with van der Waals surface area (Å²) in [6.07, 6.45) is 0. The van der Waals surface area contributed by atoms with Crippen molar-refractivity contribution in [1.82, 2.24) is 0 Å². The van der Waals surface area contributed by atoms with E-state index >= 15 is 0 Å². The van der Waals surface area contributed by atoms with Crippen LogP contribution >= 0.6 is 0 Å². The van der Waals surface area contributed by atoms with Gasteiger partial charge in [-0.15, -0.1) is 0 Å². The minimum atomic E-state index is -0.0522. The maximum Gasteiger partial charge on any atom is 0.118 e. The van der Waals surface area contributed by atoms with E-state index in [0.717, 1.165) is 17.0 Å². The van der Waals surface area contributed by atoms with E-state index in [1.54, 1.807) is 7.11 Å². The molecule has 0 fully saturated rings. The standard InChI is InChI=1S/C12H18N2O/c1-12(2,3)11(14-13)9-5-7-10(15-4)8-6-9/h5-8H,13H2,1-4H3/b14-11-. The number of hydrazone groups is 1. The molecule has 0 aromatic heterocycles. The van der Waals surface area contributed by atoms with Crippen molar-refractivity contribution in [2.75, 3.05) is 7.11 Å². The largest absolute Gasteiger partial charge is 0.497 e. The van der Waals surface area contributed by atoms with Gasteiger partial charge >= 0.3 is 0 Å². The first-order valence-corrected chi connectivity index (χ1v) is 4.92. The van der Waals surface area contributed by atoms with Gasteiger partial charge in [0, 0.05) is 5.41 Å². The number of ether oxygens (including phenoxy) is 1. The second kappa shape index (κ2) is 4.34. The van der Waals surface area contributed by atoms with Gasteiger partial charge in [0.15, 0.2) is 0 Å². The summed E-state index contributed by atoms with van der Waals surface area (Å²) in [6, 6.07) is 7.75. The highest BCUT2D eigenvalue weighted by Gasteiger charge is 2.20. The summed E-state index contributed by atoms with van der Waals surface area (Å²) in [6.45, 7) is 6.26. The second-order valence-electron chi connectivity index (χ2n) is 4.46. The highest BCUT2D eigenvalue weighted by molar-refractivity contribution is 6.04. The minimum Gasteiger partial charge on any atom is -0.497 e. The molecular weight excluding hydrogens is 188 g/mol. The molecule has 0 spiro atoms. The van der Waals surface area contributed by atoms with Gasteiger partial charge < -0.3 is 10.6 Å². The Balaban J connectivity index is 3.05. The Morgan fingerprint density at radius 2 is 1.73 bits per heavy atom. The summed E-state index contributed by atoms with van der Waals surface area (Å²) < 4.78 is 5.10. The third-order valence-electron chi connectivity index (χ3n) is 2.20. The van der Waals surface area contributed by atoms with Crippen molar-refractivity contribution in [1.29, 1.82) is 0 Å². The molecule has 0 unspecified atom stereocenters.